The summed E-state index contributed by atoms with van der Waals surface area (Å²) in [6.07, 6.45) is 3.65. The largest absolute Gasteiger partial charge is 0.493 e. The van der Waals surface area contributed by atoms with Crippen LogP contribution >= 0.6 is 0 Å². The van der Waals surface area contributed by atoms with Gasteiger partial charge >= 0.3 is 0 Å². The van der Waals surface area contributed by atoms with E-state index in [9.17, 15) is 4.39 Å². The van der Waals surface area contributed by atoms with Gasteiger partial charge in [0.05, 0.1) is 32.4 Å². The molecule has 3 aromatic rings. The number of unbranched alkanes of at least 4 members (excludes halogenated alkanes) is 1. The number of hydrogen-bond acceptors (Lipinski definition) is 6. The predicted octanol–water partition coefficient (Wildman–Crippen LogP) is 4.67. The van der Waals surface area contributed by atoms with Crippen molar-refractivity contribution in [2.24, 2.45) is 0 Å². The molecule has 0 aliphatic carbocycles. The molecule has 0 saturated carbocycles. The molecule has 1 aliphatic rings. The summed E-state index contributed by atoms with van der Waals surface area (Å²) in [4.78, 5) is 6.84. The summed E-state index contributed by atoms with van der Waals surface area (Å²) in [6, 6.07) is 11.7. The molecule has 7 heteroatoms. The summed E-state index contributed by atoms with van der Waals surface area (Å²) in [6.45, 7) is 5.29. The highest BCUT2D eigenvalue weighted by molar-refractivity contribution is 5.88. The average molecular weight is 426 g/mol. The smallest absolute Gasteiger partial charge is 0.165 e. The molecular formula is C24H27FN2O4. The number of rotatable bonds is 9. The lowest BCUT2D eigenvalue weighted by Gasteiger charge is -2.26. The van der Waals surface area contributed by atoms with Crippen LogP contribution in [0.25, 0.3) is 10.9 Å². The van der Waals surface area contributed by atoms with Crippen LogP contribution in [-0.2, 0) is 4.74 Å². The van der Waals surface area contributed by atoms with E-state index in [0.717, 1.165) is 51.1 Å². The number of para-hydroxylation sites is 1. The number of hydrogen-bond donors (Lipinski definition) is 0. The molecule has 1 aromatic heterocycles. The Labute approximate surface area is 181 Å². The van der Waals surface area contributed by atoms with Crippen LogP contribution in [0.4, 0.5) is 4.39 Å². The highest BCUT2D eigenvalue weighted by Gasteiger charge is 2.14. The van der Waals surface area contributed by atoms with Crippen molar-refractivity contribution in [1.29, 1.82) is 0 Å². The van der Waals surface area contributed by atoms with Crippen molar-refractivity contribution in [3.05, 3.63) is 54.5 Å². The summed E-state index contributed by atoms with van der Waals surface area (Å²) in [5.41, 5.74) is 0.693. The van der Waals surface area contributed by atoms with E-state index in [2.05, 4.69) is 9.88 Å². The Bertz CT molecular complexity index is 1010. The molecule has 1 aliphatic heterocycles. The summed E-state index contributed by atoms with van der Waals surface area (Å²) < 4.78 is 36.7. The van der Waals surface area contributed by atoms with Gasteiger partial charge < -0.3 is 18.9 Å². The first-order chi connectivity index (χ1) is 15.2. The lowest BCUT2D eigenvalue weighted by molar-refractivity contribution is 0.0368. The van der Waals surface area contributed by atoms with Crippen molar-refractivity contribution < 1.29 is 23.3 Å². The second-order valence-corrected chi connectivity index (χ2v) is 7.37. The van der Waals surface area contributed by atoms with Crippen LogP contribution in [0.15, 0.2) is 48.7 Å². The molecule has 1 fully saturated rings. The highest BCUT2D eigenvalue weighted by Crippen LogP contribution is 2.37. The van der Waals surface area contributed by atoms with Gasteiger partial charge in [-0.25, -0.2) is 4.39 Å². The number of pyridine rings is 1. The van der Waals surface area contributed by atoms with E-state index in [0.29, 0.717) is 29.4 Å². The van der Waals surface area contributed by atoms with Gasteiger partial charge in [0.25, 0.3) is 0 Å². The standard InChI is InChI=1S/C24H27FN2O4/c1-28-23-16-18-20(26-9-8-21(18)31-22-7-3-2-6-19(22)25)17-24(23)30-13-5-4-10-27-11-14-29-15-12-27/h2-3,6-9,16-17H,4-5,10-15H2,1H3. The molecule has 0 bridgehead atoms. The number of nitrogens with zero attached hydrogens (tertiary/aromatic N) is 2. The predicted molar refractivity (Wildman–Crippen MR) is 117 cm³/mol. The average Bonchev–Trinajstić information content (AvgIpc) is 2.80. The molecule has 6 nitrogen and oxygen atoms in total. The van der Waals surface area contributed by atoms with Gasteiger partial charge in [-0.1, -0.05) is 12.1 Å². The minimum atomic E-state index is -0.420. The summed E-state index contributed by atoms with van der Waals surface area (Å²) in [7, 11) is 1.60. The van der Waals surface area contributed by atoms with Gasteiger partial charge in [-0.3, -0.25) is 9.88 Å². The van der Waals surface area contributed by atoms with Gasteiger partial charge in [0.2, 0.25) is 0 Å². The Morgan fingerprint density at radius 3 is 2.65 bits per heavy atom. The molecule has 4 rings (SSSR count). The Balaban J connectivity index is 1.43. The quantitative estimate of drug-likeness (QED) is 0.464. The molecule has 0 unspecified atom stereocenters. The third kappa shape index (κ3) is 5.42. The molecule has 1 saturated heterocycles. The van der Waals surface area contributed by atoms with Crippen LogP contribution in [0.3, 0.4) is 0 Å². The number of benzene rings is 2. The van der Waals surface area contributed by atoms with Gasteiger partial charge in [0.1, 0.15) is 5.75 Å². The van der Waals surface area contributed by atoms with Crippen molar-refractivity contribution in [2.75, 3.05) is 46.6 Å². The first kappa shape index (κ1) is 21.3. The first-order valence-corrected chi connectivity index (χ1v) is 10.6. The van der Waals surface area contributed by atoms with Gasteiger partial charge in [0, 0.05) is 30.7 Å². The minimum absolute atomic E-state index is 0.162. The molecule has 164 valence electrons. The summed E-state index contributed by atoms with van der Waals surface area (Å²) in [5.74, 6) is 1.47. The van der Waals surface area contributed by atoms with Crippen molar-refractivity contribution in [1.82, 2.24) is 9.88 Å². The van der Waals surface area contributed by atoms with Gasteiger partial charge in [0.15, 0.2) is 23.1 Å². The van der Waals surface area contributed by atoms with E-state index >= 15 is 0 Å². The molecule has 0 radical (unpaired) electrons. The van der Waals surface area contributed by atoms with Gasteiger partial charge in [-0.05, 0) is 43.7 Å². The fraction of sp³-hybridized carbons (Fsp3) is 0.375. The van der Waals surface area contributed by atoms with Crippen LogP contribution in [0.1, 0.15) is 12.8 Å². The van der Waals surface area contributed by atoms with Crippen molar-refractivity contribution >= 4 is 10.9 Å². The maximum atomic E-state index is 14.0. The number of ether oxygens (including phenoxy) is 4. The second-order valence-electron chi connectivity index (χ2n) is 7.37. The molecule has 0 amide bonds. The first-order valence-electron chi connectivity index (χ1n) is 10.6. The van der Waals surface area contributed by atoms with Crippen LogP contribution in [0.2, 0.25) is 0 Å². The third-order valence-electron chi connectivity index (χ3n) is 5.27. The minimum Gasteiger partial charge on any atom is -0.493 e. The molecular weight excluding hydrogens is 399 g/mol. The normalized spacial score (nSPS) is 14.5. The van der Waals surface area contributed by atoms with E-state index in [-0.39, 0.29) is 5.75 Å². The Hall–Kier alpha value is -2.90. The third-order valence-corrected chi connectivity index (χ3v) is 5.27. The van der Waals surface area contributed by atoms with Gasteiger partial charge in [-0.2, -0.15) is 0 Å². The fourth-order valence-electron chi connectivity index (χ4n) is 3.58. The number of halogens is 1. The van der Waals surface area contributed by atoms with E-state index in [4.69, 9.17) is 18.9 Å². The number of aromatic nitrogens is 1. The zero-order valence-electron chi connectivity index (χ0n) is 17.7. The topological polar surface area (TPSA) is 53.0 Å². The fourth-order valence-corrected chi connectivity index (χ4v) is 3.58. The van der Waals surface area contributed by atoms with Crippen molar-refractivity contribution in [3.63, 3.8) is 0 Å². The van der Waals surface area contributed by atoms with Crippen molar-refractivity contribution in [3.8, 4) is 23.0 Å². The van der Waals surface area contributed by atoms with E-state index in [1.807, 2.05) is 12.1 Å². The zero-order valence-corrected chi connectivity index (χ0v) is 17.7. The number of methoxy groups -OCH3 is 1. The molecule has 0 atom stereocenters. The highest BCUT2D eigenvalue weighted by atomic mass is 19.1. The Kier molecular flexibility index (Phi) is 7.17. The van der Waals surface area contributed by atoms with Crippen LogP contribution < -0.4 is 14.2 Å². The zero-order chi connectivity index (χ0) is 21.5. The summed E-state index contributed by atoms with van der Waals surface area (Å²) in [5, 5.41) is 0.724. The molecule has 31 heavy (non-hydrogen) atoms. The maximum absolute atomic E-state index is 14.0. The van der Waals surface area contributed by atoms with E-state index in [1.54, 1.807) is 37.6 Å². The number of fused-ring (bicyclic) bond motifs is 1. The van der Waals surface area contributed by atoms with E-state index < -0.39 is 5.82 Å². The van der Waals surface area contributed by atoms with E-state index in [1.165, 1.54) is 6.07 Å². The van der Waals surface area contributed by atoms with Gasteiger partial charge in [-0.15, -0.1) is 0 Å². The SMILES string of the molecule is COc1cc2c(Oc3ccccc3F)ccnc2cc1OCCCCN1CCOCC1. The second kappa shape index (κ2) is 10.4. The Morgan fingerprint density at radius 1 is 1.00 bits per heavy atom. The lowest BCUT2D eigenvalue weighted by Crippen LogP contribution is -2.36. The monoisotopic (exact) mass is 426 g/mol. The van der Waals surface area contributed by atoms with Crippen LogP contribution in [-0.4, -0.2) is 56.4 Å². The van der Waals surface area contributed by atoms with Crippen molar-refractivity contribution in [2.45, 2.75) is 12.8 Å². The molecule has 2 heterocycles. The maximum Gasteiger partial charge on any atom is 0.165 e. The summed E-state index contributed by atoms with van der Waals surface area (Å²) >= 11 is 0. The Morgan fingerprint density at radius 2 is 1.84 bits per heavy atom. The lowest BCUT2D eigenvalue weighted by atomic mass is 10.1. The van der Waals surface area contributed by atoms with Crippen LogP contribution in [0, 0.1) is 5.82 Å². The number of morpholine rings is 1. The molecule has 0 N–H and O–H groups in total. The molecule has 2 aromatic carbocycles. The van der Waals surface area contributed by atoms with Crippen LogP contribution in [0.5, 0.6) is 23.0 Å². The molecule has 0 spiro atoms.